The molecule has 0 aliphatic heterocycles. The summed E-state index contributed by atoms with van der Waals surface area (Å²) >= 11 is 0. The average molecular weight is 241 g/mol. The van der Waals surface area contributed by atoms with Crippen molar-refractivity contribution in [2.45, 2.75) is 6.61 Å². The Bertz CT molecular complexity index is 492. The maximum Gasteiger partial charge on any atom is 0.213 e. The summed E-state index contributed by atoms with van der Waals surface area (Å²) < 4.78 is 5.45. The topological polar surface area (TPSA) is 42.4 Å². The Balaban J connectivity index is 1.83. The van der Waals surface area contributed by atoms with Gasteiger partial charge in [0, 0.05) is 12.3 Å². The number of ether oxygens (including phenoxy) is 1. The Morgan fingerprint density at radius 2 is 1.94 bits per heavy atom. The Morgan fingerprint density at radius 3 is 2.61 bits per heavy atom. The van der Waals surface area contributed by atoms with E-state index in [0.29, 0.717) is 12.5 Å². The summed E-state index contributed by atoms with van der Waals surface area (Å²) in [5.41, 5.74) is 1.92. The number of pyridine rings is 1. The fourth-order valence-corrected chi connectivity index (χ4v) is 1.47. The van der Waals surface area contributed by atoms with Crippen molar-refractivity contribution in [3.63, 3.8) is 0 Å². The molecular weight excluding hydrogens is 226 g/mol. The first kappa shape index (κ1) is 12.3. The predicted molar refractivity (Wildman–Crippen MR) is 71.1 cm³/mol. The highest BCUT2D eigenvalue weighted by Gasteiger charge is 1.94. The molecule has 0 atom stereocenters. The predicted octanol–water partition coefficient (Wildman–Crippen LogP) is 2.67. The number of nitrogens with zero attached hydrogens (tertiary/aromatic N) is 1. The van der Waals surface area contributed by atoms with E-state index in [1.807, 2.05) is 42.5 Å². The fraction of sp³-hybridized carbons (Fsp3) is 0.133. The second-order valence-electron chi connectivity index (χ2n) is 3.79. The van der Waals surface area contributed by atoms with Crippen molar-refractivity contribution in [2.75, 3.05) is 6.61 Å². The lowest BCUT2D eigenvalue weighted by atomic mass is 10.2. The van der Waals surface area contributed by atoms with Crippen LogP contribution in [0.25, 0.3) is 6.08 Å². The van der Waals surface area contributed by atoms with Gasteiger partial charge in [0.25, 0.3) is 0 Å². The number of rotatable bonds is 5. The molecule has 1 aromatic heterocycles. The lowest BCUT2D eigenvalue weighted by Crippen LogP contribution is -1.96. The Labute approximate surface area is 106 Å². The van der Waals surface area contributed by atoms with Crippen LogP contribution in [0.2, 0.25) is 0 Å². The van der Waals surface area contributed by atoms with Gasteiger partial charge >= 0.3 is 0 Å². The van der Waals surface area contributed by atoms with Crippen LogP contribution in [-0.4, -0.2) is 16.7 Å². The normalized spacial score (nSPS) is 10.7. The summed E-state index contributed by atoms with van der Waals surface area (Å²) in [6.07, 6.45) is 5.55. The average Bonchev–Trinajstić information content (AvgIpc) is 2.45. The van der Waals surface area contributed by atoms with E-state index in [2.05, 4.69) is 4.98 Å². The molecule has 0 spiro atoms. The Kier molecular flexibility index (Phi) is 4.50. The smallest absolute Gasteiger partial charge is 0.213 e. The van der Waals surface area contributed by atoms with Crippen LogP contribution in [-0.2, 0) is 6.61 Å². The second kappa shape index (κ2) is 6.57. The van der Waals surface area contributed by atoms with E-state index in [0.717, 1.165) is 11.1 Å². The molecule has 0 saturated heterocycles. The number of aliphatic hydroxyl groups excluding tert-OH is 1. The summed E-state index contributed by atoms with van der Waals surface area (Å²) in [7, 11) is 0. The molecule has 3 nitrogen and oxygen atoms in total. The maximum absolute atomic E-state index is 8.88. The molecule has 0 aliphatic carbocycles. The van der Waals surface area contributed by atoms with E-state index < -0.39 is 0 Å². The van der Waals surface area contributed by atoms with Gasteiger partial charge in [0.05, 0.1) is 6.61 Å². The number of aliphatic hydroxyl groups is 1. The van der Waals surface area contributed by atoms with Gasteiger partial charge in [0.1, 0.15) is 6.61 Å². The summed E-state index contributed by atoms with van der Waals surface area (Å²) in [5.74, 6) is 0.560. The largest absolute Gasteiger partial charge is 0.473 e. The molecule has 18 heavy (non-hydrogen) atoms. The molecule has 0 unspecified atom stereocenters. The Morgan fingerprint density at radius 1 is 1.11 bits per heavy atom. The van der Waals surface area contributed by atoms with Crippen LogP contribution in [0, 0.1) is 0 Å². The van der Waals surface area contributed by atoms with Crippen LogP contribution < -0.4 is 4.74 Å². The first-order valence-corrected chi connectivity index (χ1v) is 5.78. The van der Waals surface area contributed by atoms with Crippen molar-refractivity contribution in [3.8, 4) is 5.88 Å². The molecule has 0 aliphatic rings. The third-order valence-corrected chi connectivity index (χ3v) is 2.42. The monoisotopic (exact) mass is 241 g/mol. The fourth-order valence-electron chi connectivity index (χ4n) is 1.47. The molecule has 3 heteroatoms. The highest BCUT2D eigenvalue weighted by atomic mass is 16.5. The zero-order valence-corrected chi connectivity index (χ0v) is 9.99. The van der Waals surface area contributed by atoms with Crippen molar-refractivity contribution in [1.82, 2.24) is 4.98 Å². The van der Waals surface area contributed by atoms with Gasteiger partial charge in [-0.15, -0.1) is 0 Å². The zero-order chi connectivity index (χ0) is 12.6. The highest BCUT2D eigenvalue weighted by Crippen LogP contribution is 2.08. The maximum atomic E-state index is 8.88. The van der Waals surface area contributed by atoms with E-state index in [1.54, 1.807) is 18.3 Å². The third-order valence-electron chi connectivity index (χ3n) is 2.42. The molecule has 0 bridgehead atoms. The molecule has 1 heterocycles. The lowest BCUT2D eigenvalue weighted by Gasteiger charge is -2.02. The summed E-state index contributed by atoms with van der Waals surface area (Å²) in [4.78, 5) is 4.08. The lowest BCUT2D eigenvalue weighted by molar-refractivity contribution is 0.280. The minimum absolute atomic E-state index is 0.00118. The van der Waals surface area contributed by atoms with Crippen molar-refractivity contribution in [1.29, 1.82) is 0 Å². The second-order valence-corrected chi connectivity index (χ2v) is 3.79. The molecule has 92 valence electrons. The van der Waals surface area contributed by atoms with Gasteiger partial charge in [-0.2, -0.15) is 0 Å². The van der Waals surface area contributed by atoms with Gasteiger partial charge in [-0.25, -0.2) is 4.98 Å². The van der Waals surface area contributed by atoms with E-state index in [9.17, 15) is 0 Å². The molecule has 1 aromatic carbocycles. The minimum atomic E-state index is 0.00118. The van der Waals surface area contributed by atoms with Gasteiger partial charge in [-0.05, 0) is 23.3 Å². The van der Waals surface area contributed by atoms with Crippen LogP contribution in [0.4, 0.5) is 0 Å². The third kappa shape index (κ3) is 3.71. The minimum Gasteiger partial charge on any atom is -0.473 e. The van der Waals surface area contributed by atoms with Gasteiger partial charge in [-0.3, -0.25) is 0 Å². The molecule has 0 fully saturated rings. The van der Waals surface area contributed by atoms with Crippen LogP contribution in [0.15, 0.2) is 54.7 Å². The number of benzene rings is 1. The van der Waals surface area contributed by atoms with Crippen molar-refractivity contribution in [3.05, 3.63) is 65.9 Å². The molecule has 2 aromatic rings. The van der Waals surface area contributed by atoms with E-state index in [4.69, 9.17) is 9.84 Å². The van der Waals surface area contributed by atoms with E-state index in [1.165, 1.54) is 0 Å². The van der Waals surface area contributed by atoms with Crippen LogP contribution in [0.5, 0.6) is 5.88 Å². The van der Waals surface area contributed by atoms with Crippen molar-refractivity contribution < 1.29 is 9.84 Å². The SMILES string of the molecule is OCc1ccc(OCC=Cc2ccccc2)nc1. The Hall–Kier alpha value is -2.13. The van der Waals surface area contributed by atoms with E-state index in [-0.39, 0.29) is 6.61 Å². The molecule has 0 saturated carbocycles. The van der Waals surface area contributed by atoms with Crippen molar-refractivity contribution in [2.24, 2.45) is 0 Å². The standard InChI is InChI=1S/C15H15NO2/c17-12-14-8-9-15(16-11-14)18-10-4-7-13-5-2-1-3-6-13/h1-9,11,17H,10,12H2. The first-order valence-electron chi connectivity index (χ1n) is 5.78. The number of hydrogen-bond donors (Lipinski definition) is 1. The number of aromatic nitrogens is 1. The molecule has 0 radical (unpaired) electrons. The van der Waals surface area contributed by atoms with Gasteiger partial charge in [0.2, 0.25) is 5.88 Å². The van der Waals surface area contributed by atoms with Crippen LogP contribution >= 0.6 is 0 Å². The summed E-state index contributed by atoms with van der Waals surface area (Å²) in [6.45, 7) is 0.474. The molecule has 1 N–H and O–H groups in total. The molecule has 2 rings (SSSR count). The van der Waals surface area contributed by atoms with Gasteiger partial charge < -0.3 is 9.84 Å². The van der Waals surface area contributed by atoms with Gasteiger partial charge in [-0.1, -0.05) is 36.4 Å². The van der Waals surface area contributed by atoms with E-state index >= 15 is 0 Å². The molecular formula is C15H15NO2. The van der Waals surface area contributed by atoms with Crippen molar-refractivity contribution >= 4 is 6.08 Å². The van der Waals surface area contributed by atoms with Crippen LogP contribution in [0.3, 0.4) is 0 Å². The first-order chi connectivity index (χ1) is 8.88. The zero-order valence-electron chi connectivity index (χ0n) is 9.99. The highest BCUT2D eigenvalue weighted by molar-refractivity contribution is 5.48. The quantitative estimate of drug-likeness (QED) is 0.875. The number of hydrogen-bond acceptors (Lipinski definition) is 3. The van der Waals surface area contributed by atoms with Crippen LogP contribution in [0.1, 0.15) is 11.1 Å². The molecule has 0 amide bonds. The van der Waals surface area contributed by atoms with Gasteiger partial charge in [0.15, 0.2) is 0 Å². The summed E-state index contributed by atoms with van der Waals surface area (Å²) in [6, 6.07) is 13.6. The summed E-state index contributed by atoms with van der Waals surface area (Å²) in [5, 5.41) is 8.88.